The van der Waals surface area contributed by atoms with Gasteiger partial charge in [0, 0.05) is 22.5 Å². The van der Waals surface area contributed by atoms with Crippen LogP contribution in [0.3, 0.4) is 0 Å². The maximum absolute atomic E-state index is 11.7. The van der Waals surface area contributed by atoms with Crippen molar-refractivity contribution >= 4 is 29.4 Å². The SMILES string of the molecule is O=C[C@@H]1CSc2[nH]c(=O)sc2[C@@H]1c1ccc(OCc2ccccc2)cc1. The van der Waals surface area contributed by atoms with Crippen LogP contribution in [-0.2, 0) is 11.4 Å². The molecule has 2 aromatic carbocycles. The van der Waals surface area contributed by atoms with E-state index in [2.05, 4.69) is 4.98 Å². The van der Waals surface area contributed by atoms with Crippen molar-refractivity contribution in [2.24, 2.45) is 5.92 Å². The van der Waals surface area contributed by atoms with Crippen LogP contribution < -0.4 is 9.61 Å². The molecule has 4 rings (SSSR count). The van der Waals surface area contributed by atoms with Crippen LogP contribution >= 0.6 is 23.1 Å². The topological polar surface area (TPSA) is 59.2 Å². The molecule has 0 saturated heterocycles. The molecule has 132 valence electrons. The van der Waals surface area contributed by atoms with Gasteiger partial charge in [-0.3, -0.25) is 4.79 Å². The highest BCUT2D eigenvalue weighted by atomic mass is 32.2. The molecule has 3 aromatic rings. The van der Waals surface area contributed by atoms with E-state index in [9.17, 15) is 9.59 Å². The molecule has 1 aromatic heterocycles. The summed E-state index contributed by atoms with van der Waals surface area (Å²) in [6.45, 7) is 0.515. The first kappa shape index (κ1) is 17.1. The van der Waals surface area contributed by atoms with Gasteiger partial charge < -0.3 is 14.5 Å². The Labute approximate surface area is 159 Å². The third-order valence-corrected chi connectivity index (χ3v) is 6.69. The van der Waals surface area contributed by atoms with Crippen molar-refractivity contribution in [3.8, 4) is 5.75 Å². The summed E-state index contributed by atoms with van der Waals surface area (Å²) in [6, 6.07) is 17.8. The summed E-state index contributed by atoms with van der Waals surface area (Å²) in [5.41, 5.74) is 2.15. The lowest BCUT2D eigenvalue weighted by Crippen LogP contribution is -2.21. The molecule has 4 nitrogen and oxygen atoms in total. The van der Waals surface area contributed by atoms with Crippen molar-refractivity contribution in [3.05, 3.63) is 80.3 Å². The summed E-state index contributed by atoms with van der Waals surface area (Å²) in [6.07, 6.45) is 1.00. The molecule has 1 aliphatic heterocycles. The number of thiazole rings is 1. The van der Waals surface area contributed by atoms with Crippen LogP contribution in [-0.4, -0.2) is 17.0 Å². The van der Waals surface area contributed by atoms with Gasteiger partial charge in [0.05, 0.1) is 5.03 Å². The molecule has 2 heterocycles. The quantitative estimate of drug-likeness (QED) is 0.675. The monoisotopic (exact) mass is 383 g/mol. The van der Waals surface area contributed by atoms with Crippen molar-refractivity contribution in [2.75, 3.05) is 5.75 Å². The number of carbonyl (C=O) groups excluding carboxylic acids is 1. The number of aldehydes is 1. The van der Waals surface area contributed by atoms with Gasteiger partial charge in [0.1, 0.15) is 18.6 Å². The van der Waals surface area contributed by atoms with Gasteiger partial charge in [-0.05, 0) is 23.3 Å². The minimum atomic E-state index is -0.130. The number of hydrogen-bond donors (Lipinski definition) is 1. The van der Waals surface area contributed by atoms with Crippen LogP contribution in [0.15, 0.2) is 64.4 Å². The number of rotatable bonds is 5. The summed E-state index contributed by atoms with van der Waals surface area (Å²) in [4.78, 5) is 27.1. The highest BCUT2D eigenvalue weighted by Crippen LogP contribution is 2.44. The Morgan fingerprint density at radius 1 is 1.12 bits per heavy atom. The lowest BCUT2D eigenvalue weighted by molar-refractivity contribution is -0.110. The normalized spacial score (nSPS) is 18.9. The van der Waals surface area contributed by atoms with Crippen LogP contribution in [0.5, 0.6) is 5.75 Å². The summed E-state index contributed by atoms with van der Waals surface area (Å²) in [5, 5.41) is 0.896. The molecule has 1 aliphatic rings. The first-order valence-electron chi connectivity index (χ1n) is 8.32. The van der Waals surface area contributed by atoms with Gasteiger partial charge >= 0.3 is 4.87 Å². The van der Waals surface area contributed by atoms with Crippen molar-refractivity contribution in [3.63, 3.8) is 0 Å². The van der Waals surface area contributed by atoms with Crippen LogP contribution in [0.1, 0.15) is 21.9 Å². The van der Waals surface area contributed by atoms with Crippen molar-refractivity contribution in [1.29, 1.82) is 0 Å². The average Bonchev–Trinajstić information content (AvgIpc) is 3.07. The first-order valence-corrected chi connectivity index (χ1v) is 10.1. The van der Waals surface area contributed by atoms with Crippen LogP contribution in [0.2, 0.25) is 0 Å². The van der Waals surface area contributed by atoms with Gasteiger partial charge in [-0.15, -0.1) is 11.8 Å². The smallest absolute Gasteiger partial charge is 0.305 e. The third kappa shape index (κ3) is 3.48. The Hall–Kier alpha value is -2.31. The lowest BCUT2D eigenvalue weighted by Gasteiger charge is -2.27. The maximum Gasteiger partial charge on any atom is 0.305 e. The molecule has 0 radical (unpaired) electrons. The first-order chi connectivity index (χ1) is 12.7. The second kappa shape index (κ2) is 7.51. The van der Waals surface area contributed by atoms with E-state index in [0.717, 1.165) is 33.1 Å². The van der Waals surface area contributed by atoms with Gasteiger partial charge in [-0.25, -0.2) is 0 Å². The number of nitrogens with one attached hydrogen (secondary N) is 1. The highest BCUT2D eigenvalue weighted by molar-refractivity contribution is 7.99. The molecule has 0 bridgehead atoms. The summed E-state index contributed by atoms with van der Waals surface area (Å²) in [7, 11) is 0. The molecule has 0 spiro atoms. The van der Waals surface area contributed by atoms with E-state index in [0.29, 0.717) is 12.4 Å². The van der Waals surface area contributed by atoms with E-state index < -0.39 is 0 Å². The predicted molar refractivity (Wildman–Crippen MR) is 104 cm³/mol. The van der Waals surface area contributed by atoms with Gasteiger partial charge in [-0.2, -0.15) is 0 Å². The highest BCUT2D eigenvalue weighted by Gasteiger charge is 2.33. The molecule has 0 fully saturated rings. The largest absolute Gasteiger partial charge is 0.489 e. The van der Waals surface area contributed by atoms with E-state index in [1.807, 2.05) is 54.6 Å². The summed E-state index contributed by atoms with van der Waals surface area (Å²) in [5.74, 6) is 1.26. The fraction of sp³-hybridized carbons (Fsp3) is 0.200. The molecular weight excluding hydrogens is 366 g/mol. The van der Waals surface area contributed by atoms with Crippen LogP contribution in [0.25, 0.3) is 0 Å². The standard InChI is InChI=1S/C20H17NO3S2/c22-10-15-12-25-19-18(26-20(23)21-19)17(15)14-6-8-16(9-7-14)24-11-13-4-2-1-3-5-13/h1-10,15,17H,11-12H2,(H,21,23)/t15-,17-/m1/s1. The number of aromatic amines is 1. The fourth-order valence-corrected chi connectivity index (χ4v) is 5.50. The third-order valence-electron chi connectivity index (χ3n) is 4.44. The number of thioether (sulfide) groups is 1. The second-order valence-electron chi connectivity index (χ2n) is 6.14. The number of H-pyrrole nitrogens is 1. The summed E-state index contributed by atoms with van der Waals surface area (Å²) < 4.78 is 5.83. The Bertz CT molecular complexity index is 947. The van der Waals surface area contributed by atoms with Gasteiger partial charge in [0.25, 0.3) is 0 Å². The molecule has 0 amide bonds. The number of carbonyl (C=O) groups is 1. The lowest BCUT2D eigenvalue weighted by atomic mass is 9.86. The van der Waals surface area contributed by atoms with E-state index in [-0.39, 0.29) is 16.7 Å². The zero-order chi connectivity index (χ0) is 17.9. The van der Waals surface area contributed by atoms with Crippen LogP contribution in [0, 0.1) is 5.92 Å². The fourth-order valence-electron chi connectivity index (χ4n) is 3.14. The molecule has 2 atom stereocenters. The van der Waals surface area contributed by atoms with Gasteiger partial charge in [0.15, 0.2) is 0 Å². The van der Waals surface area contributed by atoms with Crippen molar-refractivity contribution < 1.29 is 9.53 Å². The predicted octanol–water partition coefficient (Wildman–Crippen LogP) is 4.07. The number of benzene rings is 2. The summed E-state index contributed by atoms with van der Waals surface area (Å²) >= 11 is 2.75. The molecule has 1 N–H and O–H groups in total. The number of hydrogen-bond acceptors (Lipinski definition) is 5. The molecule has 0 unspecified atom stereocenters. The second-order valence-corrected chi connectivity index (χ2v) is 8.18. The maximum atomic E-state index is 11.7. The molecule has 0 aliphatic carbocycles. The van der Waals surface area contributed by atoms with E-state index in [1.165, 1.54) is 11.3 Å². The number of fused-ring (bicyclic) bond motifs is 1. The van der Waals surface area contributed by atoms with E-state index in [4.69, 9.17) is 4.74 Å². The van der Waals surface area contributed by atoms with E-state index in [1.54, 1.807) is 11.8 Å². The Kier molecular flexibility index (Phi) is 4.95. The number of ether oxygens (including phenoxy) is 1. The Balaban J connectivity index is 1.55. The van der Waals surface area contributed by atoms with Gasteiger partial charge in [-0.1, -0.05) is 53.8 Å². The molecular formula is C20H17NO3S2. The van der Waals surface area contributed by atoms with Crippen molar-refractivity contribution in [1.82, 2.24) is 4.98 Å². The molecule has 6 heteroatoms. The minimum absolute atomic E-state index is 0.0677. The van der Waals surface area contributed by atoms with Crippen molar-refractivity contribution in [2.45, 2.75) is 17.6 Å². The van der Waals surface area contributed by atoms with E-state index >= 15 is 0 Å². The Morgan fingerprint density at radius 3 is 2.62 bits per heavy atom. The minimum Gasteiger partial charge on any atom is -0.489 e. The Morgan fingerprint density at radius 2 is 1.88 bits per heavy atom. The average molecular weight is 383 g/mol. The molecule has 0 saturated carbocycles. The van der Waals surface area contributed by atoms with Crippen LogP contribution in [0.4, 0.5) is 0 Å². The molecule has 26 heavy (non-hydrogen) atoms. The number of aromatic nitrogens is 1. The van der Waals surface area contributed by atoms with Gasteiger partial charge in [0.2, 0.25) is 0 Å². The zero-order valence-corrected chi connectivity index (χ0v) is 15.5. The zero-order valence-electron chi connectivity index (χ0n) is 13.9.